The largest absolute Gasteiger partial charge is 0.459 e. The first-order valence-corrected chi connectivity index (χ1v) is 9.06. The van der Waals surface area contributed by atoms with Crippen molar-refractivity contribution in [2.45, 2.75) is 32.0 Å². The lowest BCUT2D eigenvalue weighted by molar-refractivity contribution is -0.166. The predicted octanol–water partition coefficient (Wildman–Crippen LogP) is 2.84. The van der Waals surface area contributed by atoms with E-state index in [2.05, 4.69) is 11.2 Å². The van der Waals surface area contributed by atoms with Crippen molar-refractivity contribution in [2.75, 3.05) is 19.8 Å². The molecule has 0 saturated heterocycles. The zero-order valence-electron chi connectivity index (χ0n) is 14.8. The highest BCUT2D eigenvalue weighted by Gasteiger charge is 2.37. The van der Waals surface area contributed by atoms with Crippen LogP contribution in [0.15, 0.2) is 36.1 Å². The van der Waals surface area contributed by atoms with E-state index < -0.39 is 6.29 Å². The summed E-state index contributed by atoms with van der Waals surface area (Å²) in [4.78, 5) is 12.3. The molecule has 0 radical (unpaired) electrons. The Bertz CT molecular complexity index is 665. The first-order valence-electron chi connectivity index (χ1n) is 8.68. The van der Waals surface area contributed by atoms with E-state index in [0.29, 0.717) is 24.5 Å². The number of carbonyl (C=O) groups excluding carboxylic acids is 1. The van der Waals surface area contributed by atoms with E-state index >= 15 is 0 Å². The summed E-state index contributed by atoms with van der Waals surface area (Å²) in [6.45, 7) is 2.54. The van der Waals surface area contributed by atoms with Crippen LogP contribution in [-0.4, -0.2) is 37.1 Å². The molecule has 0 fully saturated rings. The van der Waals surface area contributed by atoms with E-state index in [9.17, 15) is 9.90 Å². The second kappa shape index (κ2) is 10.2. The zero-order chi connectivity index (χ0) is 18.9. The van der Waals surface area contributed by atoms with Gasteiger partial charge in [0.25, 0.3) is 5.91 Å². The molecule has 1 aliphatic rings. The van der Waals surface area contributed by atoms with E-state index in [-0.39, 0.29) is 36.7 Å². The van der Waals surface area contributed by atoms with Crippen LogP contribution >= 0.6 is 11.6 Å². The van der Waals surface area contributed by atoms with Gasteiger partial charge < -0.3 is 19.9 Å². The summed E-state index contributed by atoms with van der Waals surface area (Å²) in [5.41, 5.74) is 1.01. The summed E-state index contributed by atoms with van der Waals surface area (Å²) in [6, 6.07) is 7.50. The normalized spacial score (nSPS) is 22.1. The van der Waals surface area contributed by atoms with Crippen LogP contribution < -0.4 is 5.32 Å². The van der Waals surface area contributed by atoms with Crippen molar-refractivity contribution >= 4 is 17.5 Å². The number of rotatable bonds is 8. The molecule has 1 heterocycles. The summed E-state index contributed by atoms with van der Waals surface area (Å²) < 4.78 is 11.6. The standard InChI is InChI=1S/C20H24ClNO4/c1-3-11-22-19(24)18-13-17(14-7-9-15(21)10-8-14)16(6-5-12-23)20(26-18)25-4-2/h1,7-10,13,16-17,20,23H,4-6,11-12H2,2H3,(H,22,24)/t16-,17+,20+/m1/s1. The Balaban J connectivity index is 2.37. The Hall–Kier alpha value is -2.00. The lowest BCUT2D eigenvalue weighted by Gasteiger charge is -2.37. The molecule has 5 nitrogen and oxygen atoms in total. The minimum absolute atomic E-state index is 0.0348. The number of halogens is 1. The van der Waals surface area contributed by atoms with E-state index in [4.69, 9.17) is 27.5 Å². The number of ether oxygens (including phenoxy) is 2. The third kappa shape index (κ3) is 5.25. The highest BCUT2D eigenvalue weighted by Crippen LogP contribution is 2.39. The van der Waals surface area contributed by atoms with E-state index in [1.54, 1.807) is 6.08 Å². The molecule has 1 aliphatic heterocycles. The smallest absolute Gasteiger partial charge is 0.286 e. The van der Waals surface area contributed by atoms with Crippen LogP contribution in [0, 0.1) is 18.3 Å². The number of hydrogen-bond donors (Lipinski definition) is 2. The summed E-state index contributed by atoms with van der Waals surface area (Å²) in [5.74, 6) is 2.06. The summed E-state index contributed by atoms with van der Waals surface area (Å²) >= 11 is 6.00. The Labute approximate surface area is 159 Å². The molecule has 1 aromatic rings. The van der Waals surface area contributed by atoms with Gasteiger partial charge in [0.1, 0.15) is 0 Å². The average Bonchev–Trinajstić information content (AvgIpc) is 2.65. The first-order chi connectivity index (χ1) is 12.6. The Morgan fingerprint density at radius 2 is 2.15 bits per heavy atom. The number of aliphatic hydroxyl groups is 1. The van der Waals surface area contributed by atoms with Crippen LogP contribution in [0.1, 0.15) is 31.2 Å². The molecule has 0 aromatic heterocycles. The molecule has 2 rings (SSSR count). The number of benzene rings is 1. The van der Waals surface area contributed by atoms with Crippen LogP contribution in [0.3, 0.4) is 0 Å². The van der Waals surface area contributed by atoms with Crippen LogP contribution in [-0.2, 0) is 14.3 Å². The van der Waals surface area contributed by atoms with Crippen LogP contribution in [0.4, 0.5) is 0 Å². The number of carbonyl (C=O) groups is 1. The molecule has 6 heteroatoms. The molecule has 26 heavy (non-hydrogen) atoms. The third-order valence-electron chi connectivity index (χ3n) is 4.24. The molecule has 0 aliphatic carbocycles. The van der Waals surface area contributed by atoms with Gasteiger partial charge in [-0.15, -0.1) is 6.42 Å². The van der Waals surface area contributed by atoms with E-state index in [0.717, 1.165) is 5.56 Å². The van der Waals surface area contributed by atoms with Gasteiger partial charge in [-0.3, -0.25) is 4.79 Å². The Morgan fingerprint density at radius 1 is 1.42 bits per heavy atom. The molecule has 1 amide bonds. The van der Waals surface area contributed by atoms with Crippen LogP contribution in [0.25, 0.3) is 0 Å². The van der Waals surface area contributed by atoms with Gasteiger partial charge in [-0.05, 0) is 43.5 Å². The van der Waals surface area contributed by atoms with Crippen molar-refractivity contribution in [1.29, 1.82) is 0 Å². The van der Waals surface area contributed by atoms with Gasteiger partial charge in [0.05, 0.1) is 6.54 Å². The fourth-order valence-electron chi connectivity index (χ4n) is 3.05. The maximum Gasteiger partial charge on any atom is 0.286 e. The molecule has 3 atom stereocenters. The molecular weight excluding hydrogens is 354 g/mol. The third-order valence-corrected chi connectivity index (χ3v) is 4.49. The highest BCUT2D eigenvalue weighted by molar-refractivity contribution is 6.30. The lowest BCUT2D eigenvalue weighted by Crippen LogP contribution is -2.39. The van der Waals surface area contributed by atoms with Gasteiger partial charge in [0.2, 0.25) is 6.29 Å². The quantitative estimate of drug-likeness (QED) is 0.683. The molecule has 0 bridgehead atoms. The molecular formula is C20H24ClNO4. The fourth-order valence-corrected chi connectivity index (χ4v) is 3.17. The Morgan fingerprint density at radius 3 is 2.77 bits per heavy atom. The van der Waals surface area contributed by atoms with Gasteiger partial charge >= 0.3 is 0 Å². The van der Waals surface area contributed by atoms with Crippen LogP contribution in [0.2, 0.25) is 5.02 Å². The van der Waals surface area contributed by atoms with Crippen molar-refractivity contribution < 1.29 is 19.4 Å². The molecule has 1 aromatic carbocycles. The maximum atomic E-state index is 12.3. The minimum atomic E-state index is -0.580. The fraction of sp³-hybridized carbons (Fsp3) is 0.450. The number of amides is 1. The summed E-state index contributed by atoms with van der Waals surface area (Å²) in [5, 5.41) is 12.5. The topological polar surface area (TPSA) is 67.8 Å². The molecule has 0 unspecified atom stereocenters. The second-order valence-corrected chi connectivity index (χ2v) is 6.40. The summed E-state index contributed by atoms with van der Waals surface area (Å²) in [7, 11) is 0. The van der Waals surface area contributed by atoms with Gasteiger partial charge in [0.15, 0.2) is 5.76 Å². The highest BCUT2D eigenvalue weighted by atomic mass is 35.5. The number of nitrogens with one attached hydrogen (secondary N) is 1. The zero-order valence-corrected chi connectivity index (χ0v) is 15.5. The number of allylic oxidation sites excluding steroid dienone is 1. The second-order valence-electron chi connectivity index (χ2n) is 5.97. The minimum Gasteiger partial charge on any atom is -0.459 e. The number of hydrogen-bond acceptors (Lipinski definition) is 4. The molecule has 0 saturated carbocycles. The Kier molecular flexibility index (Phi) is 7.99. The number of aliphatic hydroxyl groups excluding tert-OH is 1. The average molecular weight is 378 g/mol. The molecule has 0 spiro atoms. The van der Waals surface area contributed by atoms with Crippen molar-refractivity contribution in [2.24, 2.45) is 5.92 Å². The van der Waals surface area contributed by atoms with Crippen molar-refractivity contribution in [3.8, 4) is 12.3 Å². The van der Waals surface area contributed by atoms with Gasteiger partial charge in [-0.1, -0.05) is 29.7 Å². The van der Waals surface area contributed by atoms with Gasteiger partial charge in [-0.25, -0.2) is 0 Å². The summed E-state index contributed by atoms with van der Waals surface area (Å²) in [6.07, 6.45) is 7.74. The van der Waals surface area contributed by atoms with Gasteiger partial charge in [0, 0.05) is 30.1 Å². The first kappa shape index (κ1) is 20.3. The SMILES string of the molecule is C#CCNC(=O)C1=C[C@@H](c2ccc(Cl)cc2)[C@@H](CCCO)[C@@H](OCC)O1. The molecule has 140 valence electrons. The number of terminal acetylenes is 1. The van der Waals surface area contributed by atoms with Crippen molar-refractivity contribution in [3.63, 3.8) is 0 Å². The van der Waals surface area contributed by atoms with Crippen LogP contribution in [0.5, 0.6) is 0 Å². The predicted molar refractivity (Wildman–Crippen MR) is 100 cm³/mol. The molecule has 2 N–H and O–H groups in total. The monoisotopic (exact) mass is 377 g/mol. The van der Waals surface area contributed by atoms with Gasteiger partial charge in [-0.2, -0.15) is 0 Å². The van der Waals surface area contributed by atoms with E-state index in [1.165, 1.54) is 0 Å². The maximum absolute atomic E-state index is 12.3. The van der Waals surface area contributed by atoms with Crippen molar-refractivity contribution in [1.82, 2.24) is 5.32 Å². The van der Waals surface area contributed by atoms with E-state index in [1.807, 2.05) is 31.2 Å². The lowest BCUT2D eigenvalue weighted by atomic mass is 9.80. The van der Waals surface area contributed by atoms with Crippen molar-refractivity contribution in [3.05, 3.63) is 46.7 Å².